The van der Waals surface area contributed by atoms with Crippen molar-refractivity contribution in [1.29, 1.82) is 0 Å². The highest BCUT2D eigenvalue weighted by Gasteiger charge is 1.96. The fourth-order valence-electron chi connectivity index (χ4n) is 0.499. The molecule has 0 aromatic carbocycles. The van der Waals surface area contributed by atoms with Crippen LogP contribution in [0, 0.1) is 5.92 Å². The van der Waals surface area contributed by atoms with Crippen LogP contribution in [-0.2, 0) is 5.11 Å². The van der Waals surface area contributed by atoms with Crippen LogP contribution in [0.15, 0.2) is 0 Å². The lowest BCUT2D eigenvalue weighted by atomic mass is 10.1. The van der Waals surface area contributed by atoms with E-state index in [1.54, 1.807) is 0 Å². The Morgan fingerprint density at radius 3 is 2.29 bits per heavy atom. The highest BCUT2D eigenvalue weighted by molar-refractivity contribution is 4.80. The van der Waals surface area contributed by atoms with E-state index in [9.17, 15) is 5.11 Å². The van der Waals surface area contributed by atoms with Gasteiger partial charge in [-0.1, -0.05) is 20.3 Å². The predicted octanol–water partition coefficient (Wildman–Crippen LogP) is 1.81. The molecule has 0 aliphatic rings. The highest BCUT2D eigenvalue weighted by atomic mass is 16.3. The number of hydrogen-bond donors (Lipinski definition) is 0. The molecule has 0 N–H and O–H groups in total. The lowest BCUT2D eigenvalue weighted by Gasteiger charge is -1.99. The molecule has 0 aromatic rings. The molecule has 7 heavy (non-hydrogen) atoms. The van der Waals surface area contributed by atoms with E-state index in [4.69, 9.17) is 0 Å². The van der Waals surface area contributed by atoms with Crippen molar-refractivity contribution in [2.75, 3.05) is 6.61 Å². The van der Waals surface area contributed by atoms with Crippen LogP contribution >= 0.6 is 0 Å². The van der Waals surface area contributed by atoms with Crippen LogP contribution in [0.25, 0.3) is 0 Å². The van der Waals surface area contributed by atoms with Crippen molar-refractivity contribution < 1.29 is 5.11 Å². The van der Waals surface area contributed by atoms with Gasteiger partial charge >= 0.3 is 0 Å². The summed E-state index contributed by atoms with van der Waals surface area (Å²) in [6.07, 6.45) is 2.11. The minimum atomic E-state index is 0.00778. The maximum Gasteiger partial charge on any atom is 0.0882 e. The van der Waals surface area contributed by atoms with Gasteiger partial charge in [-0.05, 0) is 6.42 Å². The van der Waals surface area contributed by atoms with Crippen LogP contribution < -0.4 is 0 Å². The Balaban J connectivity index is 2.83. The van der Waals surface area contributed by atoms with Crippen molar-refractivity contribution in [1.82, 2.24) is 0 Å². The third-order valence-electron chi connectivity index (χ3n) is 0.923. The zero-order valence-electron chi connectivity index (χ0n) is 5.03. The van der Waals surface area contributed by atoms with Crippen LogP contribution in [0.4, 0.5) is 0 Å². The largest absolute Gasteiger partial charge is 0.236 e. The van der Waals surface area contributed by atoms with Crippen molar-refractivity contribution in [3.05, 3.63) is 5.92 Å². The van der Waals surface area contributed by atoms with Crippen molar-refractivity contribution in [2.24, 2.45) is 0 Å². The third kappa shape index (κ3) is 3.80. The van der Waals surface area contributed by atoms with E-state index in [1.807, 2.05) is 6.92 Å². The Labute approximate surface area is 45.4 Å². The molecule has 2 radical (unpaired) electrons. The van der Waals surface area contributed by atoms with Gasteiger partial charge in [0.05, 0.1) is 6.61 Å². The Morgan fingerprint density at radius 2 is 2.14 bits per heavy atom. The van der Waals surface area contributed by atoms with Gasteiger partial charge in [-0.15, -0.1) is 0 Å². The first-order chi connectivity index (χ1) is 3.31. The van der Waals surface area contributed by atoms with Gasteiger partial charge in [0.25, 0.3) is 0 Å². The summed E-state index contributed by atoms with van der Waals surface area (Å²) >= 11 is 0. The normalized spacial score (nSPS) is 10.3. The van der Waals surface area contributed by atoms with E-state index in [0.29, 0.717) is 0 Å². The lowest BCUT2D eigenvalue weighted by molar-refractivity contribution is 0.202. The second-order valence-corrected chi connectivity index (χ2v) is 1.85. The number of rotatable bonds is 3. The van der Waals surface area contributed by atoms with Gasteiger partial charge in [-0.2, -0.15) is 0 Å². The molecular weight excluding hydrogens is 88.1 g/mol. The lowest BCUT2D eigenvalue weighted by Crippen LogP contribution is -1.93. The molecule has 0 saturated heterocycles. The highest BCUT2D eigenvalue weighted by Crippen LogP contribution is 2.04. The molecule has 0 aromatic heterocycles. The molecule has 0 aliphatic heterocycles. The Hall–Kier alpha value is -0.0400. The molecule has 0 atom stereocenters. The van der Waals surface area contributed by atoms with E-state index in [1.165, 1.54) is 0 Å². The fraction of sp³-hybridized carbons (Fsp3) is 0.833. The number of hydrogen-bond acceptors (Lipinski definition) is 0. The molecule has 0 aliphatic carbocycles. The minimum Gasteiger partial charge on any atom is -0.236 e. The summed E-state index contributed by atoms with van der Waals surface area (Å²) in [4.78, 5) is 0. The van der Waals surface area contributed by atoms with E-state index in [2.05, 4.69) is 6.92 Å². The van der Waals surface area contributed by atoms with Crippen LogP contribution in [-0.4, -0.2) is 6.61 Å². The first-order valence-corrected chi connectivity index (χ1v) is 2.70. The first kappa shape index (κ1) is 6.96. The second-order valence-electron chi connectivity index (χ2n) is 1.85. The van der Waals surface area contributed by atoms with E-state index in [-0.39, 0.29) is 6.61 Å². The Kier molecular flexibility index (Phi) is 4.10. The van der Waals surface area contributed by atoms with Gasteiger partial charge in [0.1, 0.15) is 0 Å². The monoisotopic (exact) mass is 100 g/mol. The summed E-state index contributed by atoms with van der Waals surface area (Å²) in [6.45, 7) is 4.00. The van der Waals surface area contributed by atoms with Crippen molar-refractivity contribution in [3.8, 4) is 0 Å². The second kappa shape index (κ2) is 4.13. The zero-order chi connectivity index (χ0) is 5.70. The molecule has 42 valence electrons. The summed E-state index contributed by atoms with van der Waals surface area (Å²) in [5.74, 6) is 1.07. The molecule has 0 heterocycles. The molecule has 1 nitrogen and oxygen atoms in total. The summed E-state index contributed by atoms with van der Waals surface area (Å²) in [6, 6.07) is 0. The van der Waals surface area contributed by atoms with Gasteiger partial charge in [-0.25, -0.2) is 5.11 Å². The van der Waals surface area contributed by atoms with Gasteiger partial charge in [0.2, 0.25) is 0 Å². The van der Waals surface area contributed by atoms with Crippen molar-refractivity contribution >= 4 is 0 Å². The maximum atomic E-state index is 9.98. The molecule has 0 saturated carbocycles. The molecule has 0 fully saturated rings. The summed E-state index contributed by atoms with van der Waals surface area (Å²) in [5.41, 5.74) is 0. The molecular formula is C6H12O. The van der Waals surface area contributed by atoms with Gasteiger partial charge in [-0.3, -0.25) is 0 Å². The third-order valence-corrected chi connectivity index (χ3v) is 0.923. The Bertz CT molecular complexity index is 35.2. The van der Waals surface area contributed by atoms with E-state index >= 15 is 0 Å². The first-order valence-electron chi connectivity index (χ1n) is 2.70. The zero-order valence-corrected chi connectivity index (χ0v) is 5.03. The molecule has 0 bridgehead atoms. The topological polar surface area (TPSA) is 19.9 Å². The van der Waals surface area contributed by atoms with Crippen molar-refractivity contribution in [3.63, 3.8) is 0 Å². The van der Waals surface area contributed by atoms with Crippen LogP contribution in [0.1, 0.15) is 26.7 Å². The average molecular weight is 100 g/mol. The van der Waals surface area contributed by atoms with E-state index < -0.39 is 0 Å². The van der Waals surface area contributed by atoms with Crippen LogP contribution in [0.5, 0.6) is 0 Å². The minimum absolute atomic E-state index is 0.00778. The van der Waals surface area contributed by atoms with Gasteiger partial charge < -0.3 is 0 Å². The standard InChI is InChI=1S/C6H12O/c1-3-4-6(2)5-7/h3-5H2,1-2H3. The molecule has 0 rings (SSSR count). The molecule has 0 unspecified atom stereocenters. The molecule has 1 heteroatoms. The van der Waals surface area contributed by atoms with Crippen LogP contribution in [0.3, 0.4) is 0 Å². The van der Waals surface area contributed by atoms with Gasteiger partial charge in [0, 0.05) is 5.92 Å². The Morgan fingerprint density at radius 1 is 1.57 bits per heavy atom. The molecule has 0 spiro atoms. The van der Waals surface area contributed by atoms with Crippen molar-refractivity contribution in [2.45, 2.75) is 26.7 Å². The average Bonchev–Trinajstić information content (AvgIpc) is 1.68. The SMILES string of the molecule is CCC[C](C)C[O]. The smallest absolute Gasteiger partial charge is 0.0882 e. The molecule has 0 amide bonds. The summed E-state index contributed by atoms with van der Waals surface area (Å²) in [5, 5.41) is 9.98. The fourth-order valence-corrected chi connectivity index (χ4v) is 0.499. The van der Waals surface area contributed by atoms with Gasteiger partial charge in [0.15, 0.2) is 0 Å². The predicted molar refractivity (Wildman–Crippen MR) is 29.4 cm³/mol. The summed E-state index contributed by atoms with van der Waals surface area (Å²) < 4.78 is 0. The van der Waals surface area contributed by atoms with E-state index in [0.717, 1.165) is 18.8 Å². The summed E-state index contributed by atoms with van der Waals surface area (Å²) in [7, 11) is 0. The maximum absolute atomic E-state index is 9.98. The quantitative estimate of drug-likeness (QED) is 0.515. The van der Waals surface area contributed by atoms with Crippen LogP contribution in [0.2, 0.25) is 0 Å².